The zero-order valence-electron chi connectivity index (χ0n) is 12.8. The monoisotopic (exact) mass is 298 g/mol. The number of rotatable bonds is 3. The van der Waals surface area contributed by atoms with Crippen molar-refractivity contribution in [3.63, 3.8) is 0 Å². The molecule has 0 aliphatic carbocycles. The van der Waals surface area contributed by atoms with E-state index in [0.717, 1.165) is 17.0 Å². The van der Waals surface area contributed by atoms with Gasteiger partial charge in [0.15, 0.2) is 12.1 Å². The second-order valence-electron chi connectivity index (χ2n) is 5.27. The van der Waals surface area contributed by atoms with Gasteiger partial charge in [0.05, 0.1) is 12.8 Å². The summed E-state index contributed by atoms with van der Waals surface area (Å²) < 4.78 is 12.9. The average Bonchev–Trinajstić information content (AvgIpc) is 3.12. The fourth-order valence-electron chi connectivity index (χ4n) is 2.57. The maximum absolute atomic E-state index is 12.1. The molecule has 114 valence electrons. The van der Waals surface area contributed by atoms with Crippen molar-refractivity contribution in [2.24, 2.45) is 12.0 Å². The summed E-state index contributed by atoms with van der Waals surface area (Å²) in [6, 6.07) is 12.8. The van der Waals surface area contributed by atoms with Crippen LogP contribution in [0.2, 0.25) is 0 Å². The molecule has 0 N–H and O–H groups in total. The highest BCUT2D eigenvalue weighted by Crippen LogP contribution is 2.32. The number of esters is 1. The van der Waals surface area contributed by atoms with Crippen molar-refractivity contribution in [1.82, 2.24) is 4.57 Å². The van der Waals surface area contributed by atoms with Crippen LogP contribution in [0.5, 0.6) is 0 Å². The summed E-state index contributed by atoms with van der Waals surface area (Å²) in [5.74, 6) is 0.0784. The molecule has 0 saturated heterocycles. The zero-order chi connectivity index (χ0) is 15.7. The molecule has 0 saturated carbocycles. The van der Waals surface area contributed by atoms with Crippen molar-refractivity contribution in [3.8, 4) is 0 Å². The lowest BCUT2D eigenvalue weighted by Crippen LogP contribution is -2.26. The largest absolute Gasteiger partial charge is 0.467 e. The van der Waals surface area contributed by atoms with E-state index in [-0.39, 0.29) is 0 Å². The lowest BCUT2D eigenvalue weighted by atomic mass is 10.1. The van der Waals surface area contributed by atoms with Gasteiger partial charge in [-0.15, -0.1) is 0 Å². The maximum Gasteiger partial charge on any atom is 0.335 e. The lowest BCUT2D eigenvalue weighted by Gasteiger charge is -2.17. The molecule has 1 aliphatic heterocycles. The number of hydrogen-bond donors (Lipinski definition) is 0. The Hall–Kier alpha value is -2.56. The summed E-state index contributed by atoms with van der Waals surface area (Å²) >= 11 is 0. The van der Waals surface area contributed by atoms with E-state index in [1.165, 1.54) is 7.11 Å². The standard InChI is InChI=1S/C17H18N2O3/c1-11-9-10-13(19(11)2)15-14(17(20)21-3)18-16(22-15)12-7-5-4-6-8-12/h4-10,14-15H,1-3H3. The molecule has 0 spiro atoms. The van der Waals surface area contributed by atoms with E-state index < -0.39 is 18.1 Å². The van der Waals surface area contributed by atoms with Gasteiger partial charge in [0.2, 0.25) is 5.90 Å². The first-order valence-electron chi connectivity index (χ1n) is 7.11. The number of aliphatic imine (C=N–C) groups is 1. The number of nitrogens with zero attached hydrogens (tertiary/aromatic N) is 2. The fraction of sp³-hybridized carbons (Fsp3) is 0.294. The van der Waals surface area contributed by atoms with Gasteiger partial charge in [-0.1, -0.05) is 18.2 Å². The van der Waals surface area contributed by atoms with Crippen molar-refractivity contribution in [2.45, 2.75) is 19.1 Å². The van der Waals surface area contributed by atoms with Gasteiger partial charge in [-0.2, -0.15) is 0 Å². The van der Waals surface area contributed by atoms with Crippen LogP contribution in [-0.2, 0) is 21.3 Å². The summed E-state index contributed by atoms with van der Waals surface area (Å²) in [4.78, 5) is 16.5. The summed E-state index contributed by atoms with van der Waals surface area (Å²) in [7, 11) is 3.31. The van der Waals surface area contributed by atoms with Gasteiger partial charge in [0.25, 0.3) is 0 Å². The Morgan fingerprint density at radius 3 is 2.55 bits per heavy atom. The first kappa shape index (κ1) is 14.4. The van der Waals surface area contributed by atoms with Crippen molar-refractivity contribution < 1.29 is 14.3 Å². The van der Waals surface area contributed by atoms with Gasteiger partial charge in [-0.05, 0) is 31.2 Å². The molecule has 2 heterocycles. The molecule has 5 heteroatoms. The number of ether oxygens (including phenoxy) is 2. The van der Waals surface area contributed by atoms with Gasteiger partial charge in [0, 0.05) is 18.3 Å². The SMILES string of the molecule is COC(=O)C1N=C(c2ccccc2)OC1c1ccc(C)n1C. The van der Waals surface area contributed by atoms with Gasteiger partial charge in [-0.25, -0.2) is 9.79 Å². The number of aryl methyl sites for hydroxylation is 1. The Morgan fingerprint density at radius 2 is 1.95 bits per heavy atom. The first-order valence-corrected chi connectivity index (χ1v) is 7.11. The van der Waals surface area contributed by atoms with Gasteiger partial charge in [-0.3, -0.25) is 0 Å². The van der Waals surface area contributed by atoms with Crippen LogP contribution in [0.25, 0.3) is 0 Å². The van der Waals surface area contributed by atoms with Crippen molar-refractivity contribution in [3.05, 3.63) is 59.4 Å². The third kappa shape index (κ3) is 2.39. The molecule has 2 unspecified atom stereocenters. The average molecular weight is 298 g/mol. The van der Waals surface area contributed by atoms with Crippen LogP contribution < -0.4 is 0 Å². The number of carbonyl (C=O) groups excluding carboxylic acids is 1. The Balaban J connectivity index is 1.98. The molecule has 5 nitrogen and oxygen atoms in total. The minimum Gasteiger partial charge on any atom is -0.467 e. The molecule has 1 aromatic heterocycles. The second kappa shape index (κ2) is 5.67. The molecule has 22 heavy (non-hydrogen) atoms. The predicted molar refractivity (Wildman–Crippen MR) is 82.8 cm³/mol. The summed E-state index contributed by atoms with van der Waals surface area (Å²) in [5.41, 5.74) is 2.85. The minimum absolute atomic E-state index is 0.394. The van der Waals surface area contributed by atoms with Gasteiger partial charge >= 0.3 is 5.97 Å². The predicted octanol–water partition coefficient (Wildman–Crippen LogP) is 2.39. The highest BCUT2D eigenvalue weighted by atomic mass is 16.5. The van der Waals surface area contributed by atoms with Crippen LogP contribution in [0, 0.1) is 6.92 Å². The third-order valence-electron chi connectivity index (χ3n) is 3.95. The Bertz CT molecular complexity index is 719. The molecule has 0 radical (unpaired) electrons. The molecule has 1 aliphatic rings. The van der Waals surface area contributed by atoms with Crippen LogP contribution >= 0.6 is 0 Å². The number of methoxy groups -OCH3 is 1. The van der Waals surface area contributed by atoms with Crippen LogP contribution in [0.1, 0.15) is 23.1 Å². The van der Waals surface area contributed by atoms with E-state index in [9.17, 15) is 4.79 Å². The summed E-state index contributed by atoms with van der Waals surface area (Å²) in [5, 5.41) is 0. The quantitative estimate of drug-likeness (QED) is 0.818. The van der Waals surface area contributed by atoms with Crippen molar-refractivity contribution in [1.29, 1.82) is 0 Å². The minimum atomic E-state index is -0.687. The van der Waals surface area contributed by atoms with Crippen LogP contribution in [-0.4, -0.2) is 29.6 Å². The lowest BCUT2D eigenvalue weighted by molar-refractivity contribution is -0.143. The van der Waals surface area contributed by atoms with E-state index in [1.54, 1.807) is 0 Å². The van der Waals surface area contributed by atoms with Crippen LogP contribution in [0.4, 0.5) is 0 Å². The fourth-order valence-corrected chi connectivity index (χ4v) is 2.57. The van der Waals surface area contributed by atoms with Crippen LogP contribution in [0.15, 0.2) is 47.5 Å². The van der Waals surface area contributed by atoms with Gasteiger partial charge in [0.1, 0.15) is 0 Å². The van der Waals surface area contributed by atoms with E-state index in [2.05, 4.69) is 4.99 Å². The molecule has 2 aromatic rings. The number of carbonyl (C=O) groups is 1. The topological polar surface area (TPSA) is 52.8 Å². The molecular formula is C17H18N2O3. The second-order valence-corrected chi connectivity index (χ2v) is 5.27. The van der Waals surface area contributed by atoms with E-state index >= 15 is 0 Å². The number of benzene rings is 1. The summed E-state index contributed by atoms with van der Waals surface area (Å²) in [6.45, 7) is 2.00. The highest BCUT2D eigenvalue weighted by molar-refractivity contribution is 5.98. The molecule has 1 aromatic carbocycles. The Labute approximate surface area is 129 Å². The molecule has 3 rings (SSSR count). The number of aromatic nitrogens is 1. The van der Waals surface area contributed by atoms with E-state index in [0.29, 0.717) is 5.90 Å². The Kier molecular flexibility index (Phi) is 3.71. The maximum atomic E-state index is 12.1. The van der Waals surface area contributed by atoms with Crippen molar-refractivity contribution in [2.75, 3.05) is 7.11 Å². The normalized spacial score (nSPS) is 20.4. The van der Waals surface area contributed by atoms with E-state index in [4.69, 9.17) is 9.47 Å². The van der Waals surface area contributed by atoms with E-state index in [1.807, 2.05) is 61.0 Å². The molecule has 0 fully saturated rings. The van der Waals surface area contributed by atoms with Crippen molar-refractivity contribution >= 4 is 11.9 Å². The molecule has 0 amide bonds. The highest BCUT2D eigenvalue weighted by Gasteiger charge is 2.40. The third-order valence-corrected chi connectivity index (χ3v) is 3.95. The number of hydrogen-bond acceptors (Lipinski definition) is 4. The smallest absolute Gasteiger partial charge is 0.335 e. The molecule has 2 atom stereocenters. The van der Waals surface area contributed by atoms with Gasteiger partial charge < -0.3 is 14.0 Å². The van der Waals surface area contributed by atoms with Crippen LogP contribution in [0.3, 0.4) is 0 Å². The Morgan fingerprint density at radius 1 is 1.23 bits per heavy atom. The summed E-state index contributed by atoms with van der Waals surface area (Å²) in [6.07, 6.45) is -0.471. The zero-order valence-corrected chi connectivity index (χ0v) is 12.8. The molecule has 0 bridgehead atoms. The first-order chi connectivity index (χ1) is 10.6. The molecular weight excluding hydrogens is 280 g/mol.